The van der Waals surface area contributed by atoms with E-state index in [0.29, 0.717) is 26.6 Å². The molecule has 0 fully saturated rings. The Kier molecular flexibility index (Phi) is 5.91. The van der Waals surface area contributed by atoms with E-state index in [4.69, 9.17) is 18.9 Å². The minimum atomic E-state index is 0.298. The van der Waals surface area contributed by atoms with Crippen LogP contribution in [-0.4, -0.2) is 40.3 Å². The summed E-state index contributed by atoms with van der Waals surface area (Å²) in [5.74, 6) is 1.59. The Hall–Kier alpha value is -0.820. The number of fused-ring (bicyclic) bond motifs is 1. The van der Waals surface area contributed by atoms with E-state index in [1.807, 2.05) is 12.1 Å². The van der Waals surface area contributed by atoms with E-state index in [0.717, 1.165) is 34.6 Å². The van der Waals surface area contributed by atoms with Crippen LogP contribution >= 0.6 is 15.9 Å². The van der Waals surface area contributed by atoms with Crippen LogP contribution in [0.25, 0.3) is 0 Å². The van der Waals surface area contributed by atoms with Gasteiger partial charge in [0.15, 0.2) is 11.5 Å². The first-order chi connectivity index (χ1) is 9.31. The molecule has 0 unspecified atom stereocenters. The largest absolute Gasteiger partial charge is 0.454 e. The summed E-state index contributed by atoms with van der Waals surface area (Å²) in [6, 6.07) is 3.93. The zero-order valence-corrected chi connectivity index (χ0v) is 12.5. The van der Waals surface area contributed by atoms with Crippen molar-refractivity contribution in [3.8, 4) is 11.5 Å². The average Bonchev–Trinajstić information content (AvgIpc) is 2.84. The van der Waals surface area contributed by atoms with Gasteiger partial charge in [0.1, 0.15) is 0 Å². The van der Waals surface area contributed by atoms with Crippen LogP contribution in [0.1, 0.15) is 5.56 Å². The van der Waals surface area contributed by atoms with Crippen LogP contribution in [0.2, 0.25) is 0 Å². The first kappa shape index (κ1) is 14.6. The summed E-state index contributed by atoms with van der Waals surface area (Å²) in [7, 11) is 1.67. The van der Waals surface area contributed by atoms with E-state index in [1.165, 1.54) is 0 Å². The van der Waals surface area contributed by atoms with Gasteiger partial charge in [-0.15, -0.1) is 0 Å². The molecule has 0 aliphatic carbocycles. The molecule has 6 heteroatoms. The predicted molar refractivity (Wildman–Crippen MR) is 74.7 cm³/mol. The van der Waals surface area contributed by atoms with Gasteiger partial charge in [-0.1, -0.05) is 15.9 Å². The highest BCUT2D eigenvalue weighted by molar-refractivity contribution is 9.10. The van der Waals surface area contributed by atoms with Gasteiger partial charge in [0, 0.05) is 24.7 Å². The molecule has 0 spiro atoms. The second-order valence-electron chi connectivity index (χ2n) is 4.08. The molecule has 1 heterocycles. The summed E-state index contributed by atoms with van der Waals surface area (Å²) in [6.07, 6.45) is 0. The minimum Gasteiger partial charge on any atom is -0.454 e. The second kappa shape index (κ2) is 7.69. The highest BCUT2D eigenvalue weighted by atomic mass is 79.9. The van der Waals surface area contributed by atoms with Crippen LogP contribution < -0.4 is 14.8 Å². The predicted octanol–water partition coefficient (Wildman–Crippen LogP) is 1.93. The fraction of sp³-hybridized carbons (Fsp3) is 0.538. The summed E-state index contributed by atoms with van der Waals surface area (Å²) in [4.78, 5) is 0. The number of ether oxygens (including phenoxy) is 4. The van der Waals surface area contributed by atoms with Crippen molar-refractivity contribution in [3.63, 3.8) is 0 Å². The van der Waals surface area contributed by atoms with Gasteiger partial charge < -0.3 is 24.3 Å². The molecule has 0 bridgehead atoms. The van der Waals surface area contributed by atoms with Crippen molar-refractivity contribution in [1.82, 2.24) is 5.32 Å². The van der Waals surface area contributed by atoms with Crippen molar-refractivity contribution in [3.05, 3.63) is 22.2 Å². The van der Waals surface area contributed by atoms with E-state index < -0.39 is 0 Å². The fourth-order valence-electron chi connectivity index (χ4n) is 1.71. The van der Waals surface area contributed by atoms with Gasteiger partial charge in [-0.2, -0.15) is 0 Å². The summed E-state index contributed by atoms with van der Waals surface area (Å²) in [5.41, 5.74) is 1.14. The van der Waals surface area contributed by atoms with Crippen molar-refractivity contribution < 1.29 is 18.9 Å². The van der Waals surface area contributed by atoms with Crippen LogP contribution in [0.5, 0.6) is 11.5 Å². The Labute approximate surface area is 121 Å². The van der Waals surface area contributed by atoms with Crippen molar-refractivity contribution in [2.24, 2.45) is 0 Å². The molecular formula is C13H18BrNO4. The summed E-state index contributed by atoms with van der Waals surface area (Å²) < 4.78 is 22.0. The van der Waals surface area contributed by atoms with Crippen LogP contribution in [0.15, 0.2) is 16.6 Å². The maximum Gasteiger partial charge on any atom is 0.231 e. The topological polar surface area (TPSA) is 49.0 Å². The molecule has 1 N–H and O–H groups in total. The van der Waals surface area contributed by atoms with Gasteiger partial charge in [-0.25, -0.2) is 0 Å². The molecule has 106 valence electrons. The summed E-state index contributed by atoms with van der Waals surface area (Å²) in [6.45, 7) is 3.78. The average molecular weight is 332 g/mol. The molecule has 5 nitrogen and oxygen atoms in total. The Bertz CT molecular complexity index is 414. The van der Waals surface area contributed by atoms with E-state index in [9.17, 15) is 0 Å². The lowest BCUT2D eigenvalue weighted by molar-refractivity contribution is 0.0719. The lowest BCUT2D eigenvalue weighted by Gasteiger charge is -2.08. The molecule has 1 aromatic rings. The normalized spacial score (nSPS) is 12.9. The van der Waals surface area contributed by atoms with E-state index in [2.05, 4.69) is 21.2 Å². The quantitative estimate of drug-likeness (QED) is 0.737. The molecule has 0 saturated carbocycles. The molecule has 0 atom stereocenters. The number of hydrogen-bond acceptors (Lipinski definition) is 5. The smallest absolute Gasteiger partial charge is 0.231 e. The number of hydrogen-bond donors (Lipinski definition) is 1. The second-order valence-corrected chi connectivity index (χ2v) is 4.93. The van der Waals surface area contributed by atoms with Crippen LogP contribution in [0, 0.1) is 0 Å². The van der Waals surface area contributed by atoms with E-state index in [-0.39, 0.29) is 0 Å². The Morgan fingerprint density at radius 2 is 2.00 bits per heavy atom. The van der Waals surface area contributed by atoms with Gasteiger partial charge in [0.05, 0.1) is 19.8 Å². The maximum atomic E-state index is 5.37. The minimum absolute atomic E-state index is 0.298. The SMILES string of the molecule is COCCOCCNCc1cc2c(cc1Br)OCO2. The van der Waals surface area contributed by atoms with E-state index in [1.54, 1.807) is 7.11 Å². The lowest BCUT2D eigenvalue weighted by atomic mass is 10.2. The third-order valence-electron chi connectivity index (χ3n) is 2.71. The number of nitrogens with one attached hydrogen (secondary N) is 1. The number of rotatable bonds is 8. The highest BCUT2D eigenvalue weighted by Crippen LogP contribution is 2.36. The van der Waals surface area contributed by atoms with E-state index >= 15 is 0 Å². The Morgan fingerprint density at radius 1 is 1.21 bits per heavy atom. The monoisotopic (exact) mass is 331 g/mol. The Balaban J connectivity index is 1.71. The standard InChI is InChI=1S/C13H18BrNO4/c1-16-4-5-17-3-2-15-8-10-6-12-13(7-11(10)14)19-9-18-12/h6-7,15H,2-5,8-9H2,1H3. The summed E-state index contributed by atoms with van der Waals surface area (Å²) in [5, 5.41) is 3.32. The number of methoxy groups -OCH3 is 1. The molecule has 0 saturated heterocycles. The number of benzene rings is 1. The van der Waals surface area contributed by atoms with Crippen molar-refractivity contribution >= 4 is 15.9 Å². The third kappa shape index (κ3) is 4.35. The molecule has 1 aromatic carbocycles. The molecule has 19 heavy (non-hydrogen) atoms. The molecule has 0 radical (unpaired) electrons. The molecule has 1 aliphatic rings. The van der Waals surface area contributed by atoms with Crippen molar-refractivity contribution in [2.75, 3.05) is 40.3 Å². The zero-order chi connectivity index (χ0) is 13.5. The lowest BCUT2D eigenvalue weighted by Crippen LogP contribution is -2.20. The molecule has 1 aliphatic heterocycles. The Morgan fingerprint density at radius 3 is 2.79 bits per heavy atom. The first-order valence-corrected chi connectivity index (χ1v) is 6.96. The van der Waals surface area contributed by atoms with Crippen molar-refractivity contribution in [2.45, 2.75) is 6.54 Å². The highest BCUT2D eigenvalue weighted by Gasteiger charge is 2.15. The number of halogens is 1. The maximum absolute atomic E-state index is 5.37. The first-order valence-electron chi connectivity index (χ1n) is 6.16. The fourth-order valence-corrected chi connectivity index (χ4v) is 2.17. The zero-order valence-electron chi connectivity index (χ0n) is 10.9. The van der Waals surface area contributed by atoms with Crippen LogP contribution in [-0.2, 0) is 16.0 Å². The van der Waals surface area contributed by atoms with Crippen molar-refractivity contribution in [1.29, 1.82) is 0 Å². The van der Waals surface area contributed by atoms with Gasteiger partial charge in [-0.3, -0.25) is 0 Å². The molecule has 2 rings (SSSR count). The van der Waals surface area contributed by atoms with Gasteiger partial charge >= 0.3 is 0 Å². The van der Waals surface area contributed by atoms with Crippen LogP contribution in [0.4, 0.5) is 0 Å². The molecule has 0 aromatic heterocycles. The van der Waals surface area contributed by atoms with Gasteiger partial charge in [0.2, 0.25) is 6.79 Å². The summed E-state index contributed by atoms with van der Waals surface area (Å²) >= 11 is 3.53. The molecule has 0 amide bonds. The van der Waals surface area contributed by atoms with Gasteiger partial charge in [0.25, 0.3) is 0 Å². The third-order valence-corrected chi connectivity index (χ3v) is 3.45. The van der Waals surface area contributed by atoms with Crippen LogP contribution in [0.3, 0.4) is 0 Å². The molecular weight excluding hydrogens is 314 g/mol. The van der Waals surface area contributed by atoms with Gasteiger partial charge in [-0.05, 0) is 17.7 Å².